The minimum atomic E-state index is 0.280. The number of hydrogen-bond acceptors (Lipinski definition) is 3. The van der Waals surface area contributed by atoms with E-state index in [1.807, 2.05) is 0 Å². The SMILES string of the molecule is [CH2]c1ncc(Cl)nc1N. The lowest BCUT2D eigenvalue weighted by atomic mass is 10.5. The second-order valence-electron chi connectivity index (χ2n) is 1.52. The van der Waals surface area contributed by atoms with E-state index < -0.39 is 0 Å². The van der Waals surface area contributed by atoms with Crippen LogP contribution >= 0.6 is 11.6 Å². The van der Waals surface area contributed by atoms with Crippen LogP contribution in [0.3, 0.4) is 0 Å². The molecule has 0 spiro atoms. The van der Waals surface area contributed by atoms with Gasteiger partial charge in [0.15, 0.2) is 0 Å². The number of halogens is 1. The van der Waals surface area contributed by atoms with Crippen LogP contribution in [0.5, 0.6) is 0 Å². The molecule has 3 nitrogen and oxygen atoms in total. The molecule has 0 atom stereocenters. The summed E-state index contributed by atoms with van der Waals surface area (Å²) >= 11 is 5.44. The fraction of sp³-hybridized carbons (Fsp3) is 0. The summed E-state index contributed by atoms with van der Waals surface area (Å²) in [5.41, 5.74) is 5.76. The summed E-state index contributed by atoms with van der Waals surface area (Å²) in [6, 6.07) is 0. The van der Waals surface area contributed by atoms with Gasteiger partial charge in [-0.2, -0.15) is 0 Å². The Bertz CT molecular complexity index is 223. The fourth-order valence-corrected chi connectivity index (χ4v) is 0.546. The summed E-state index contributed by atoms with van der Waals surface area (Å²) in [6.07, 6.45) is 1.40. The maximum atomic E-state index is 5.44. The van der Waals surface area contributed by atoms with Crippen molar-refractivity contribution in [3.8, 4) is 0 Å². The molecule has 1 heterocycles. The van der Waals surface area contributed by atoms with E-state index in [0.717, 1.165) is 0 Å². The van der Waals surface area contributed by atoms with E-state index >= 15 is 0 Å². The molecule has 0 aliphatic heterocycles. The van der Waals surface area contributed by atoms with Crippen LogP contribution in [0, 0.1) is 6.92 Å². The molecule has 0 aliphatic rings. The standard InChI is InChI=1S/C5H5ClN3/c1-3-5(7)9-4(6)2-8-3/h2H,1H2,(H2,7,9). The van der Waals surface area contributed by atoms with Crippen LogP contribution in [0.15, 0.2) is 6.20 Å². The highest BCUT2D eigenvalue weighted by Gasteiger charge is 1.94. The van der Waals surface area contributed by atoms with Crippen molar-refractivity contribution >= 4 is 17.4 Å². The molecule has 2 N–H and O–H groups in total. The van der Waals surface area contributed by atoms with E-state index in [0.29, 0.717) is 10.8 Å². The summed E-state index contributed by atoms with van der Waals surface area (Å²) in [4.78, 5) is 7.44. The smallest absolute Gasteiger partial charge is 0.149 e. The average molecular weight is 143 g/mol. The Hall–Kier alpha value is -0.830. The first-order chi connectivity index (χ1) is 4.20. The van der Waals surface area contributed by atoms with Crippen LogP contribution in [-0.4, -0.2) is 9.97 Å². The highest BCUT2D eigenvalue weighted by atomic mass is 35.5. The van der Waals surface area contributed by atoms with Crippen LogP contribution < -0.4 is 5.73 Å². The topological polar surface area (TPSA) is 51.8 Å². The molecule has 1 radical (unpaired) electrons. The summed E-state index contributed by atoms with van der Waals surface area (Å²) in [6.45, 7) is 3.50. The number of nitrogen functional groups attached to an aromatic ring is 1. The Morgan fingerprint density at radius 2 is 2.33 bits per heavy atom. The maximum absolute atomic E-state index is 5.44. The van der Waals surface area contributed by atoms with Crippen molar-refractivity contribution in [1.29, 1.82) is 0 Å². The molecule has 9 heavy (non-hydrogen) atoms. The van der Waals surface area contributed by atoms with Crippen LogP contribution in [0.4, 0.5) is 5.82 Å². The van der Waals surface area contributed by atoms with E-state index in [9.17, 15) is 0 Å². The average Bonchev–Trinajstić information content (AvgIpc) is 1.80. The van der Waals surface area contributed by atoms with Gasteiger partial charge in [0, 0.05) is 0 Å². The van der Waals surface area contributed by atoms with Crippen molar-refractivity contribution in [2.24, 2.45) is 0 Å². The molecule has 1 aromatic rings. The van der Waals surface area contributed by atoms with E-state index in [-0.39, 0.29) is 5.82 Å². The summed E-state index contributed by atoms with van der Waals surface area (Å²) in [5.74, 6) is 0.280. The third-order valence-corrected chi connectivity index (χ3v) is 1.03. The summed E-state index contributed by atoms with van der Waals surface area (Å²) in [7, 11) is 0. The normalized spacial score (nSPS) is 9.56. The maximum Gasteiger partial charge on any atom is 0.149 e. The molecule has 0 saturated carbocycles. The molecule has 0 amide bonds. The van der Waals surface area contributed by atoms with Gasteiger partial charge in [-0.15, -0.1) is 0 Å². The van der Waals surface area contributed by atoms with Crippen molar-refractivity contribution in [1.82, 2.24) is 9.97 Å². The number of rotatable bonds is 0. The van der Waals surface area contributed by atoms with Crippen molar-refractivity contribution in [3.63, 3.8) is 0 Å². The van der Waals surface area contributed by atoms with Gasteiger partial charge in [0.25, 0.3) is 0 Å². The minimum Gasteiger partial charge on any atom is -0.382 e. The largest absolute Gasteiger partial charge is 0.382 e. The molecule has 0 unspecified atom stereocenters. The predicted octanol–water partition coefficient (Wildman–Crippen LogP) is 0.894. The molecule has 0 saturated heterocycles. The highest BCUT2D eigenvalue weighted by Crippen LogP contribution is 2.07. The number of nitrogens with zero attached hydrogens (tertiary/aromatic N) is 2. The van der Waals surface area contributed by atoms with Crippen LogP contribution in [0.2, 0.25) is 5.15 Å². The van der Waals surface area contributed by atoms with E-state index in [1.54, 1.807) is 0 Å². The Labute approximate surface area is 57.9 Å². The first-order valence-electron chi connectivity index (χ1n) is 2.30. The van der Waals surface area contributed by atoms with Gasteiger partial charge < -0.3 is 5.73 Å². The van der Waals surface area contributed by atoms with E-state index in [1.165, 1.54) is 6.20 Å². The number of aromatic nitrogens is 2. The Morgan fingerprint density at radius 1 is 1.67 bits per heavy atom. The van der Waals surface area contributed by atoms with Crippen molar-refractivity contribution in [2.75, 3.05) is 5.73 Å². The number of anilines is 1. The molecule has 0 bridgehead atoms. The quantitative estimate of drug-likeness (QED) is 0.586. The Morgan fingerprint density at radius 3 is 2.78 bits per heavy atom. The Kier molecular flexibility index (Phi) is 1.53. The molecule has 1 aromatic heterocycles. The van der Waals surface area contributed by atoms with Gasteiger partial charge in [0.05, 0.1) is 11.9 Å². The van der Waals surface area contributed by atoms with Gasteiger partial charge in [0.1, 0.15) is 11.0 Å². The second-order valence-corrected chi connectivity index (χ2v) is 1.91. The molecule has 0 aliphatic carbocycles. The number of hydrogen-bond donors (Lipinski definition) is 1. The van der Waals surface area contributed by atoms with E-state index in [4.69, 9.17) is 17.3 Å². The molecule has 47 valence electrons. The van der Waals surface area contributed by atoms with Gasteiger partial charge in [-0.25, -0.2) is 4.98 Å². The summed E-state index contributed by atoms with van der Waals surface area (Å²) in [5, 5.41) is 0.292. The van der Waals surface area contributed by atoms with Crippen LogP contribution in [-0.2, 0) is 0 Å². The zero-order valence-corrected chi connectivity index (χ0v) is 5.39. The van der Waals surface area contributed by atoms with Crippen molar-refractivity contribution in [3.05, 3.63) is 24.0 Å². The lowest BCUT2D eigenvalue weighted by Crippen LogP contribution is -1.95. The van der Waals surface area contributed by atoms with Crippen molar-refractivity contribution in [2.45, 2.75) is 0 Å². The lowest BCUT2D eigenvalue weighted by molar-refractivity contribution is 1.17. The molecule has 4 heteroatoms. The molecule has 0 aromatic carbocycles. The van der Waals surface area contributed by atoms with E-state index in [2.05, 4.69) is 16.9 Å². The molecular weight excluding hydrogens is 138 g/mol. The van der Waals surface area contributed by atoms with Gasteiger partial charge in [-0.05, 0) is 6.92 Å². The molecule has 1 rings (SSSR count). The second kappa shape index (κ2) is 2.19. The third kappa shape index (κ3) is 1.29. The lowest BCUT2D eigenvalue weighted by Gasteiger charge is -1.94. The predicted molar refractivity (Wildman–Crippen MR) is 35.9 cm³/mol. The highest BCUT2D eigenvalue weighted by molar-refractivity contribution is 6.29. The summed E-state index contributed by atoms with van der Waals surface area (Å²) < 4.78 is 0. The van der Waals surface area contributed by atoms with Gasteiger partial charge in [-0.3, -0.25) is 4.98 Å². The zero-order valence-electron chi connectivity index (χ0n) is 4.63. The van der Waals surface area contributed by atoms with Gasteiger partial charge in [0.2, 0.25) is 0 Å². The molecule has 0 fully saturated rings. The fourth-order valence-electron chi connectivity index (χ4n) is 0.406. The van der Waals surface area contributed by atoms with Gasteiger partial charge in [-0.1, -0.05) is 11.6 Å². The molecular formula is C5H5ClN3. The van der Waals surface area contributed by atoms with Crippen LogP contribution in [0.25, 0.3) is 0 Å². The van der Waals surface area contributed by atoms with Crippen LogP contribution in [0.1, 0.15) is 5.69 Å². The van der Waals surface area contributed by atoms with Gasteiger partial charge >= 0.3 is 0 Å². The Balaban J connectivity index is 3.17. The van der Waals surface area contributed by atoms with Crippen molar-refractivity contribution < 1.29 is 0 Å². The number of nitrogens with two attached hydrogens (primary N) is 1. The third-order valence-electron chi connectivity index (χ3n) is 0.850. The minimum absolute atomic E-state index is 0.280. The first kappa shape index (κ1) is 6.29. The monoisotopic (exact) mass is 142 g/mol. The zero-order chi connectivity index (χ0) is 6.85. The first-order valence-corrected chi connectivity index (χ1v) is 2.68.